The van der Waals surface area contributed by atoms with Gasteiger partial charge in [-0.2, -0.15) is 0 Å². The fraction of sp³-hybridized carbons (Fsp3) is 0.467. The van der Waals surface area contributed by atoms with E-state index in [9.17, 15) is 9.59 Å². The standard InChI is InChI=1S/C15H20N2O3/c1-4-20-12-8-6-5-7-11(12)17-9-13(18)16-14(10(2)3)15(17)19/h5-8,10,14H,4,9H2,1-3H3,(H,16,18). The second kappa shape index (κ2) is 5.94. The maximum atomic E-state index is 12.5. The Hall–Kier alpha value is -2.04. The highest BCUT2D eigenvalue weighted by Gasteiger charge is 2.36. The lowest BCUT2D eigenvalue weighted by atomic mass is 10.00. The highest BCUT2D eigenvalue weighted by Crippen LogP contribution is 2.30. The maximum absolute atomic E-state index is 12.5. The third-order valence-corrected chi connectivity index (χ3v) is 3.27. The van der Waals surface area contributed by atoms with Crippen LogP contribution in [-0.2, 0) is 9.59 Å². The molecule has 5 heteroatoms. The largest absolute Gasteiger partial charge is 0.492 e. The van der Waals surface area contributed by atoms with Gasteiger partial charge in [-0.3, -0.25) is 14.5 Å². The van der Waals surface area contributed by atoms with Crippen LogP contribution >= 0.6 is 0 Å². The van der Waals surface area contributed by atoms with Crippen molar-refractivity contribution in [1.29, 1.82) is 0 Å². The highest BCUT2D eigenvalue weighted by atomic mass is 16.5. The molecule has 2 rings (SSSR count). The lowest BCUT2D eigenvalue weighted by molar-refractivity contribution is -0.132. The predicted octanol–water partition coefficient (Wildman–Crippen LogP) is 1.57. The van der Waals surface area contributed by atoms with Gasteiger partial charge in [0.15, 0.2) is 0 Å². The Morgan fingerprint density at radius 2 is 2.05 bits per heavy atom. The molecule has 1 aromatic carbocycles. The molecule has 1 atom stereocenters. The van der Waals surface area contributed by atoms with E-state index in [1.807, 2.05) is 39.0 Å². The number of benzene rings is 1. The zero-order chi connectivity index (χ0) is 14.7. The molecule has 1 saturated heterocycles. The van der Waals surface area contributed by atoms with Gasteiger partial charge in [0, 0.05) is 0 Å². The summed E-state index contributed by atoms with van der Waals surface area (Å²) in [4.78, 5) is 25.9. The van der Waals surface area contributed by atoms with Crippen LogP contribution < -0.4 is 15.0 Å². The van der Waals surface area contributed by atoms with E-state index in [1.165, 1.54) is 4.90 Å². The summed E-state index contributed by atoms with van der Waals surface area (Å²) in [6.45, 7) is 6.27. The summed E-state index contributed by atoms with van der Waals surface area (Å²) < 4.78 is 5.54. The Balaban J connectivity index is 2.35. The molecule has 0 radical (unpaired) electrons. The minimum Gasteiger partial charge on any atom is -0.492 e. The Bertz CT molecular complexity index is 514. The van der Waals surface area contributed by atoms with Crippen molar-refractivity contribution in [2.24, 2.45) is 5.92 Å². The first kappa shape index (κ1) is 14.4. The molecule has 1 heterocycles. The van der Waals surface area contributed by atoms with Gasteiger partial charge in [0.05, 0.1) is 12.3 Å². The van der Waals surface area contributed by atoms with Crippen molar-refractivity contribution in [2.45, 2.75) is 26.8 Å². The molecule has 0 bridgehead atoms. The summed E-state index contributed by atoms with van der Waals surface area (Å²) in [5, 5.41) is 2.75. The van der Waals surface area contributed by atoms with E-state index in [0.717, 1.165) is 0 Å². The van der Waals surface area contributed by atoms with Crippen LogP contribution in [0, 0.1) is 5.92 Å². The smallest absolute Gasteiger partial charge is 0.250 e. The maximum Gasteiger partial charge on any atom is 0.250 e. The third-order valence-electron chi connectivity index (χ3n) is 3.27. The number of hydrogen-bond acceptors (Lipinski definition) is 3. The SMILES string of the molecule is CCOc1ccccc1N1CC(=O)NC(C(C)C)C1=O. The second-order valence-corrected chi connectivity index (χ2v) is 5.11. The van der Waals surface area contributed by atoms with Gasteiger partial charge in [0.1, 0.15) is 18.3 Å². The second-order valence-electron chi connectivity index (χ2n) is 5.11. The van der Waals surface area contributed by atoms with Crippen LogP contribution in [0.4, 0.5) is 5.69 Å². The number of nitrogens with zero attached hydrogens (tertiary/aromatic N) is 1. The lowest BCUT2D eigenvalue weighted by Crippen LogP contribution is -2.60. The molecular weight excluding hydrogens is 256 g/mol. The zero-order valence-electron chi connectivity index (χ0n) is 12.1. The summed E-state index contributed by atoms with van der Waals surface area (Å²) in [7, 11) is 0. The summed E-state index contributed by atoms with van der Waals surface area (Å²) in [6, 6.07) is 6.82. The van der Waals surface area contributed by atoms with Crippen LogP contribution in [0.1, 0.15) is 20.8 Å². The van der Waals surface area contributed by atoms with Gasteiger partial charge in [-0.05, 0) is 25.0 Å². The minimum absolute atomic E-state index is 0.0339. The number of piperazine rings is 1. The number of ether oxygens (including phenoxy) is 1. The number of rotatable bonds is 4. The molecule has 5 nitrogen and oxygen atoms in total. The van der Waals surface area contributed by atoms with E-state index >= 15 is 0 Å². The van der Waals surface area contributed by atoms with E-state index in [2.05, 4.69) is 5.32 Å². The zero-order valence-corrected chi connectivity index (χ0v) is 12.1. The minimum atomic E-state index is -0.481. The van der Waals surface area contributed by atoms with Crippen LogP contribution in [0.5, 0.6) is 5.75 Å². The number of amides is 2. The molecule has 0 aromatic heterocycles. The van der Waals surface area contributed by atoms with Crippen LogP contribution in [0.3, 0.4) is 0 Å². The van der Waals surface area contributed by atoms with E-state index in [4.69, 9.17) is 4.74 Å². The molecule has 1 aromatic rings. The van der Waals surface area contributed by atoms with Gasteiger partial charge in [0.2, 0.25) is 11.8 Å². The van der Waals surface area contributed by atoms with Gasteiger partial charge >= 0.3 is 0 Å². The van der Waals surface area contributed by atoms with Crippen LogP contribution in [0.25, 0.3) is 0 Å². The lowest BCUT2D eigenvalue weighted by Gasteiger charge is -2.35. The highest BCUT2D eigenvalue weighted by molar-refractivity contribution is 6.07. The summed E-state index contributed by atoms with van der Waals surface area (Å²) in [5.41, 5.74) is 0.653. The van der Waals surface area contributed by atoms with Crippen LogP contribution in [-0.4, -0.2) is 31.0 Å². The van der Waals surface area contributed by atoms with Crippen molar-refractivity contribution >= 4 is 17.5 Å². The van der Waals surface area contributed by atoms with Gasteiger partial charge < -0.3 is 10.1 Å². The Labute approximate surface area is 118 Å². The molecule has 0 spiro atoms. The molecule has 1 fully saturated rings. The van der Waals surface area contributed by atoms with Crippen LogP contribution in [0.2, 0.25) is 0 Å². The molecule has 1 aliphatic heterocycles. The molecule has 1 N–H and O–H groups in total. The van der Waals surface area contributed by atoms with Crippen molar-refractivity contribution in [2.75, 3.05) is 18.1 Å². The van der Waals surface area contributed by atoms with Crippen molar-refractivity contribution in [1.82, 2.24) is 5.32 Å². The molecule has 20 heavy (non-hydrogen) atoms. The van der Waals surface area contributed by atoms with Gasteiger partial charge in [0.25, 0.3) is 0 Å². The van der Waals surface area contributed by atoms with E-state index in [0.29, 0.717) is 18.0 Å². The summed E-state index contributed by atoms with van der Waals surface area (Å²) >= 11 is 0. The first-order valence-corrected chi connectivity index (χ1v) is 6.87. The van der Waals surface area contributed by atoms with Gasteiger partial charge in [-0.15, -0.1) is 0 Å². The Kier molecular flexibility index (Phi) is 4.27. The van der Waals surface area contributed by atoms with Crippen molar-refractivity contribution in [3.63, 3.8) is 0 Å². The number of hydrogen-bond donors (Lipinski definition) is 1. The first-order valence-electron chi connectivity index (χ1n) is 6.87. The van der Waals surface area contributed by atoms with E-state index in [-0.39, 0.29) is 24.3 Å². The number of para-hydroxylation sites is 2. The van der Waals surface area contributed by atoms with Crippen LogP contribution in [0.15, 0.2) is 24.3 Å². The Morgan fingerprint density at radius 3 is 2.70 bits per heavy atom. The first-order chi connectivity index (χ1) is 9.54. The number of carbonyl (C=O) groups is 2. The third kappa shape index (κ3) is 2.76. The molecule has 2 amide bonds. The van der Waals surface area contributed by atoms with Crippen molar-refractivity contribution < 1.29 is 14.3 Å². The molecular formula is C15H20N2O3. The van der Waals surface area contributed by atoms with Crippen molar-refractivity contribution in [3.8, 4) is 5.75 Å². The van der Waals surface area contributed by atoms with E-state index in [1.54, 1.807) is 6.07 Å². The number of anilines is 1. The van der Waals surface area contributed by atoms with Crippen molar-refractivity contribution in [3.05, 3.63) is 24.3 Å². The average molecular weight is 276 g/mol. The Morgan fingerprint density at radius 1 is 1.35 bits per heavy atom. The molecule has 108 valence electrons. The van der Waals surface area contributed by atoms with Gasteiger partial charge in [-0.1, -0.05) is 26.0 Å². The fourth-order valence-electron chi connectivity index (χ4n) is 2.28. The topological polar surface area (TPSA) is 58.6 Å². The summed E-state index contributed by atoms with van der Waals surface area (Å²) in [6.07, 6.45) is 0. The van der Waals surface area contributed by atoms with E-state index < -0.39 is 6.04 Å². The normalized spacial score (nSPS) is 19.2. The molecule has 1 aliphatic rings. The predicted molar refractivity (Wildman–Crippen MR) is 76.7 cm³/mol. The number of nitrogens with one attached hydrogen (secondary N) is 1. The quantitative estimate of drug-likeness (QED) is 0.908. The molecule has 0 saturated carbocycles. The monoisotopic (exact) mass is 276 g/mol. The summed E-state index contributed by atoms with van der Waals surface area (Å²) in [5.74, 6) is 0.440. The molecule has 1 unspecified atom stereocenters. The number of carbonyl (C=O) groups excluding carboxylic acids is 2. The fourth-order valence-corrected chi connectivity index (χ4v) is 2.28. The van der Waals surface area contributed by atoms with Gasteiger partial charge in [-0.25, -0.2) is 0 Å². The average Bonchev–Trinajstić information content (AvgIpc) is 2.42. The molecule has 0 aliphatic carbocycles.